The SMILES string of the molecule is CNC(=O)[C@@H]1COC[C@@H]1Nc1cc(C(=O)OC)ccc1N. The van der Waals surface area contributed by atoms with E-state index in [1.165, 1.54) is 7.11 Å². The minimum Gasteiger partial charge on any atom is -0.465 e. The lowest BCUT2D eigenvalue weighted by Gasteiger charge is -2.20. The summed E-state index contributed by atoms with van der Waals surface area (Å²) < 4.78 is 10.0. The first-order chi connectivity index (χ1) is 10.1. The van der Waals surface area contributed by atoms with E-state index in [1.54, 1.807) is 25.2 Å². The molecular formula is C14H19N3O4. The Balaban J connectivity index is 2.18. The topological polar surface area (TPSA) is 103 Å². The molecule has 0 radical (unpaired) electrons. The maximum absolute atomic E-state index is 11.8. The Bertz CT molecular complexity index is 547. The highest BCUT2D eigenvalue weighted by atomic mass is 16.5. The Morgan fingerprint density at radius 2 is 2.14 bits per heavy atom. The number of nitrogen functional groups attached to an aromatic ring is 1. The first-order valence-corrected chi connectivity index (χ1v) is 6.60. The van der Waals surface area contributed by atoms with Gasteiger partial charge in [0.25, 0.3) is 0 Å². The van der Waals surface area contributed by atoms with Crippen LogP contribution in [0.3, 0.4) is 0 Å². The van der Waals surface area contributed by atoms with Gasteiger partial charge in [0.2, 0.25) is 5.91 Å². The number of carbonyl (C=O) groups excluding carboxylic acids is 2. The van der Waals surface area contributed by atoms with Crippen molar-refractivity contribution in [1.82, 2.24) is 5.32 Å². The van der Waals surface area contributed by atoms with Gasteiger partial charge in [-0.15, -0.1) is 0 Å². The molecule has 2 rings (SSSR count). The zero-order valence-corrected chi connectivity index (χ0v) is 12.0. The number of carbonyl (C=O) groups is 2. The number of ether oxygens (including phenoxy) is 2. The number of nitrogens with one attached hydrogen (secondary N) is 2. The van der Waals surface area contributed by atoms with E-state index < -0.39 is 5.97 Å². The zero-order chi connectivity index (χ0) is 15.4. The average Bonchev–Trinajstić information content (AvgIpc) is 2.96. The first kappa shape index (κ1) is 15.1. The van der Waals surface area contributed by atoms with Crippen molar-refractivity contribution in [3.05, 3.63) is 23.8 Å². The molecule has 1 aliphatic heterocycles. The molecule has 1 aromatic carbocycles. The van der Waals surface area contributed by atoms with E-state index in [0.717, 1.165) is 0 Å². The Labute approximate surface area is 122 Å². The molecule has 1 amide bonds. The molecule has 0 saturated carbocycles. The lowest BCUT2D eigenvalue weighted by Crippen LogP contribution is -2.39. The molecule has 0 aliphatic carbocycles. The van der Waals surface area contributed by atoms with Gasteiger partial charge < -0.3 is 25.8 Å². The smallest absolute Gasteiger partial charge is 0.337 e. The predicted octanol–water partition coefficient (Wildman–Crippen LogP) is 0.228. The second kappa shape index (κ2) is 6.45. The van der Waals surface area contributed by atoms with E-state index in [4.69, 9.17) is 10.5 Å². The summed E-state index contributed by atoms with van der Waals surface area (Å²) in [4.78, 5) is 23.3. The van der Waals surface area contributed by atoms with Crippen molar-refractivity contribution in [1.29, 1.82) is 0 Å². The number of amides is 1. The van der Waals surface area contributed by atoms with Crippen molar-refractivity contribution in [2.45, 2.75) is 6.04 Å². The maximum atomic E-state index is 11.8. The van der Waals surface area contributed by atoms with Gasteiger partial charge >= 0.3 is 5.97 Å². The number of rotatable bonds is 4. The third-order valence-corrected chi connectivity index (χ3v) is 3.48. The van der Waals surface area contributed by atoms with E-state index in [1.807, 2.05) is 0 Å². The van der Waals surface area contributed by atoms with E-state index in [9.17, 15) is 9.59 Å². The van der Waals surface area contributed by atoms with Crippen LogP contribution in [0, 0.1) is 5.92 Å². The van der Waals surface area contributed by atoms with Gasteiger partial charge in [0.1, 0.15) is 0 Å². The summed E-state index contributed by atoms with van der Waals surface area (Å²) in [5, 5.41) is 5.79. The molecule has 0 bridgehead atoms. The van der Waals surface area contributed by atoms with Crippen molar-refractivity contribution in [3.8, 4) is 0 Å². The largest absolute Gasteiger partial charge is 0.465 e. The van der Waals surface area contributed by atoms with Crippen LogP contribution in [-0.4, -0.2) is 45.3 Å². The molecule has 4 N–H and O–H groups in total. The molecule has 1 aliphatic rings. The maximum Gasteiger partial charge on any atom is 0.337 e. The lowest BCUT2D eigenvalue weighted by atomic mass is 10.0. The van der Waals surface area contributed by atoms with E-state index in [2.05, 4.69) is 15.4 Å². The molecule has 0 spiro atoms. The van der Waals surface area contributed by atoms with Gasteiger partial charge in [-0.3, -0.25) is 4.79 Å². The van der Waals surface area contributed by atoms with Crippen molar-refractivity contribution >= 4 is 23.3 Å². The van der Waals surface area contributed by atoms with Crippen molar-refractivity contribution in [2.24, 2.45) is 5.92 Å². The summed E-state index contributed by atoms with van der Waals surface area (Å²) in [6.07, 6.45) is 0. The molecule has 1 saturated heterocycles. The van der Waals surface area contributed by atoms with Crippen LogP contribution in [0.15, 0.2) is 18.2 Å². The molecular weight excluding hydrogens is 274 g/mol. The molecule has 1 fully saturated rings. The Morgan fingerprint density at radius 1 is 1.38 bits per heavy atom. The number of methoxy groups -OCH3 is 1. The molecule has 1 heterocycles. The van der Waals surface area contributed by atoms with Crippen LogP contribution in [0.5, 0.6) is 0 Å². The second-order valence-electron chi connectivity index (χ2n) is 4.80. The lowest BCUT2D eigenvalue weighted by molar-refractivity contribution is -0.124. The van der Waals surface area contributed by atoms with Crippen LogP contribution >= 0.6 is 0 Å². The molecule has 7 nitrogen and oxygen atoms in total. The van der Waals surface area contributed by atoms with Gasteiger partial charge in [-0.2, -0.15) is 0 Å². The normalized spacial score (nSPS) is 20.9. The van der Waals surface area contributed by atoms with Gasteiger partial charge in [-0.05, 0) is 18.2 Å². The molecule has 0 unspecified atom stereocenters. The quantitative estimate of drug-likeness (QED) is 0.542. The van der Waals surface area contributed by atoms with Crippen LogP contribution in [0.1, 0.15) is 10.4 Å². The first-order valence-electron chi connectivity index (χ1n) is 6.60. The molecule has 0 aromatic heterocycles. The highest BCUT2D eigenvalue weighted by Crippen LogP contribution is 2.25. The van der Waals surface area contributed by atoms with Crippen LogP contribution in [0.2, 0.25) is 0 Å². The number of benzene rings is 1. The zero-order valence-electron chi connectivity index (χ0n) is 12.0. The van der Waals surface area contributed by atoms with Crippen molar-refractivity contribution < 1.29 is 19.1 Å². The van der Waals surface area contributed by atoms with E-state index in [-0.39, 0.29) is 17.9 Å². The molecule has 1 aromatic rings. The number of hydrogen-bond donors (Lipinski definition) is 3. The van der Waals surface area contributed by atoms with Gasteiger partial charge in [0.05, 0.1) is 49.2 Å². The van der Waals surface area contributed by atoms with Crippen LogP contribution in [0.25, 0.3) is 0 Å². The van der Waals surface area contributed by atoms with E-state index >= 15 is 0 Å². The minimum atomic E-state index is -0.441. The fourth-order valence-electron chi connectivity index (χ4n) is 2.27. The van der Waals surface area contributed by atoms with Gasteiger partial charge in [0, 0.05) is 7.05 Å². The highest BCUT2D eigenvalue weighted by Gasteiger charge is 2.33. The second-order valence-corrected chi connectivity index (χ2v) is 4.80. The molecule has 21 heavy (non-hydrogen) atoms. The van der Waals surface area contributed by atoms with Crippen molar-refractivity contribution in [2.75, 3.05) is 38.4 Å². The Hall–Kier alpha value is -2.28. The fraction of sp³-hybridized carbons (Fsp3) is 0.429. The number of esters is 1. The third kappa shape index (κ3) is 3.25. The number of anilines is 2. The monoisotopic (exact) mass is 293 g/mol. The van der Waals surface area contributed by atoms with Crippen LogP contribution in [0.4, 0.5) is 11.4 Å². The number of nitrogens with two attached hydrogens (primary N) is 1. The van der Waals surface area contributed by atoms with Crippen molar-refractivity contribution in [3.63, 3.8) is 0 Å². The molecule has 114 valence electrons. The summed E-state index contributed by atoms with van der Waals surface area (Å²) in [6, 6.07) is 4.63. The third-order valence-electron chi connectivity index (χ3n) is 3.48. The highest BCUT2D eigenvalue weighted by molar-refractivity contribution is 5.92. The predicted molar refractivity (Wildman–Crippen MR) is 78.0 cm³/mol. The Morgan fingerprint density at radius 3 is 2.81 bits per heavy atom. The van der Waals surface area contributed by atoms with Crippen LogP contribution in [-0.2, 0) is 14.3 Å². The summed E-state index contributed by atoms with van der Waals surface area (Å²) in [5.41, 5.74) is 7.38. The average molecular weight is 293 g/mol. The number of hydrogen-bond acceptors (Lipinski definition) is 6. The van der Waals surface area contributed by atoms with Gasteiger partial charge in [0.15, 0.2) is 0 Å². The standard InChI is InChI=1S/C14H19N3O4/c1-16-13(18)9-6-21-7-12(9)17-11-5-8(14(19)20-2)3-4-10(11)15/h3-5,9,12,17H,6-7,15H2,1-2H3,(H,16,18)/t9-,12+/m1/s1. The summed E-state index contributed by atoms with van der Waals surface area (Å²) >= 11 is 0. The van der Waals surface area contributed by atoms with Gasteiger partial charge in [-0.1, -0.05) is 0 Å². The molecule has 2 atom stereocenters. The fourth-order valence-corrected chi connectivity index (χ4v) is 2.27. The Kier molecular flexibility index (Phi) is 4.64. The van der Waals surface area contributed by atoms with Crippen LogP contribution < -0.4 is 16.4 Å². The summed E-state index contributed by atoms with van der Waals surface area (Å²) in [5.74, 6) is -0.826. The summed E-state index contributed by atoms with van der Waals surface area (Å²) in [7, 11) is 2.90. The van der Waals surface area contributed by atoms with Gasteiger partial charge in [-0.25, -0.2) is 4.79 Å². The minimum absolute atomic E-state index is 0.0901. The molecule has 7 heteroatoms. The van der Waals surface area contributed by atoms with E-state index in [0.29, 0.717) is 30.2 Å². The summed E-state index contributed by atoms with van der Waals surface area (Å²) in [6.45, 7) is 0.758.